The number of para-hydroxylation sites is 2. The Labute approximate surface area is 296 Å². The quantitative estimate of drug-likeness (QED) is 0.160. The standard InChI is InChI=1S/C47H34N4/c1-3-4-7-16-32(2)50-42-23-14-12-21-37(42)39-29-40-38-22-13-15-24-43(38)51(45(40)31-44(39)50)46-30-41(35-19-10-6-11-20-35)48-47(49-46)36-27-25-34(26-28-36)33-17-8-5-9-18-33/h3-31H,2H2,1H3/b4-3-,16-7-. The molecule has 0 aliphatic carbocycles. The lowest BCUT2D eigenvalue weighted by Gasteiger charge is -2.13. The van der Waals surface area contributed by atoms with Crippen LogP contribution >= 0.6 is 0 Å². The van der Waals surface area contributed by atoms with Crippen molar-refractivity contribution >= 4 is 49.3 Å². The molecule has 0 unspecified atom stereocenters. The van der Waals surface area contributed by atoms with Crippen LogP contribution in [0, 0.1) is 0 Å². The number of allylic oxidation sites excluding steroid dienone is 5. The molecule has 0 spiro atoms. The zero-order valence-corrected chi connectivity index (χ0v) is 28.2. The molecule has 0 amide bonds. The third-order valence-electron chi connectivity index (χ3n) is 9.61. The van der Waals surface area contributed by atoms with E-state index in [0.29, 0.717) is 5.82 Å². The number of benzene rings is 6. The highest BCUT2D eigenvalue weighted by Gasteiger charge is 2.20. The van der Waals surface area contributed by atoms with Crippen molar-refractivity contribution in [2.45, 2.75) is 6.92 Å². The lowest BCUT2D eigenvalue weighted by Crippen LogP contribution is -2.02. The molecule has 4 nitrogen and oxygen atoms in total. The molecule has 4 heteroatoms. The van der Waals surface area contributed by atoms with Crippen LogP contribution in [0.2, 0.25) is 0 Å². The van der Waals surface area contributed by atoms with E-state index >= 15 is 0 Å². The van der Waals surface area contributed by atoms with E-state index in [2.05, 4.69) is 161 Å². The maximum Gasteiger partial charge on any atom is 0.162 e. The smallest absolute Gasteiger partial charge is 0.162 e. The Bertz CT molecular complexity index is 2800. The van der Waals surface area contributed by atoms with Gasteiger partial charge in [0.05, 0.1) is 27.8 Å². The molecule has 0 aliphatic heterocycles. The van der Waals surface area contributed by atoms with Gasteiger partial charge in [0.2, 0.25) is 0 Å². The zero-order chi connectivity index (χ0) is 34.3. The molecular weight excluding hydrogens is 621 g/mol. The summed E-state index contributed by atoms with van der Waals surface area (Å²) in [5, 5.41) is 4.73. The molecule has 0 fully saturated rings. The third kappa shape index (κ3) is 5.25. The molecule has 0 N–H and O–H groups in total. The molecule has 3 heterocycles. The minimum absolute atomic E-state index is 0.676. The molecule has 6 aromatic carbocycles. The molecular formula is C47H34N4. The highest BCUT2D eigenvalue weighted by Crippen LogP contribution is 2.40. The number of hydrogen-bond donors (Lipinski definition) is 0. The Morgan fingerprint density at radius 2 is 1.10 bits per heavy atom. The van der Waals surface area contributed by atoms with Crippen LogP contribution in [0.5, 0.6) is 0 Å². The van der Waals surface area contributed by atoms with Gasteiger partial charge in [0.15, 0.2) is 5.82 Å². The van der Waals surface area contributed by atoms with E-state index in [0.717, 1.165) is 56.0 Å². The van der Waals surface area contributed by atoms with Gasteiger partial charge in [-0.25, -0.2) is 9.97 Å². The van der Waals surface area contributed by atoms with Crippen LogP contribution in [0.25, 0.3) is 88.9 Å². The average Bonchev–Trinajstić information content (AvgIpc) is 3.69. The van der Waals surface area contributed by atoms with Crippen molar-refractivity contribution in [2.75, 3.05) is 0 Å². The van der Waals surface area contributed by atoms with Crippen molar-refractivity contribution in [2.24, 2.45) is 0 Å². The van der Waals surface area contributed by atoms with Gasteiger partial charge in [-0.1, -0.05) is 146 Å². The second-order valence-electron chi connectivity index (χ2n) is 12.7. The molecule has 0 saturated carbocycles. The fourth-order valence-electron chi connectivity index (χ4n) is 7.22. The second-order valence-corrected chi connectivity index (χ2v) is 12.7. The highest BCUT2D eigenvalue weighted by molar-refractivity contribution is 6.19. The summed E-state index contributed by atoms with van der Waals surface area (Å²) in [6.07, 6.45) is 8.16. The van der Waals surface area contributed by atoms with E-state index in [1.165, 1.54) is 27.1 Å². The number of rotatable bonds is 7. The van der Waals surface area contributed by atoms with Gasteiger partial charge < -0.3 is 4.57 Å². The van der Waals surface area contributed by atoms with Gasteiger partial charge in [0.25, 0.3) is 0 Å². The fraction of sp³-hybridized carbons (Fsp3) is 0.0213. The monoisotopic (exact) mass is 654 g/mol. The highest BCUT2D eigenvalue weighted by atomic mass is 15.1. The van der Waals surface area contributed by atoms with Crippen LogP contribution in [0.4, 0.5) is 0 Å². The van der Waals surface area contributed by atoms with Gasteiger partial charge in [-0.05, 0) is 48.4 Å². The number of fused-ring (bicyclic) bond motifs is 6. The largest absolute Gasteiger partial charge is 0.310 e. The van der Waals surface area contributed by atoms with Crippen molar-refractivity contribution in [3.63, 3.8) is 0 Å². The topological polar surface area (TPSA) is 35.6 Å². The first kappa shape index (κ1) is 30.3. The molecule has 3 aromatic heterocycles. The first-order valence-electron chi connectivity index (χ1n) is 17.2. The lowest BCUT2D eigenvalue weighted by atomic mass is 10.0. The molecule has 242 valence electrons. The lowest BCUT2D eigenvalue weighted by molar-refractivity contribution is 1.05. The van der Waals surface area contributed by atoms with Crippen LogP contribution in [0.15, 0.2) is 183 Å². The van der Waals surface area contributed by atoms with E-state index in [4.69, 9.17) is 9.97 Å². The normalized spacial score (nSPS) is 11.9. The van der Waals surface area contributed by atoms with Crippen molar-refractivity contribution in [1.29, 1.82) is 0 Å². The van der Waals surface area contributed by atoms with Gasteiger partial charge in [-0.15, -0.1) is 0 Å². The van der Waals surface area contributed by atoms with Gasteiger partial charge >= 0.3 is 0 Å². The molecule has 0 atom stereocenters. The minimum Gasteiger partial charge on any atom is -0.310 e. The van der Waals surface area contributed by atoms with E-state index in [9.17, 15) is 0 Å². The molecule has 9 rings (SSSR count). The summed E-state index contributed by atoms with van der Waals surface area (Å²) >= 11 is 0. The number of hydrogen-bond acceptors (Lipinski definition) is 2. The molecule has 9 aromatic rings. The van der Waals surface area contributed by atoms with Crippen molar-refractivity contribution in [3.8, 4) is 39.6 Å². The van der Waals surface area contributed by atoms with Gasteiger partial charge in [-0.3, -0.25) is 4.57 Å². The van der Waals surface area contributed by atoms with Crippen LogP contribution in [0.3, 0.4) is 0 Å². The Balaban J connectivity index is 1.31. The summed E-state index contributed by atoms with van der Waals surface area (Å²) < 4.78 is 4.56. The Hall–Kier alpha value is -6.78. The molecule has 0 bridgehead atoms. The third-order valence-corrected chi connectivity index (χ3v) is 9.61. The van der Waals surface area contributed by atoms with E-state index in [-0.39, 0.29) is 0 Å². The Morgan fingerprint density at radius 3 is 1.82 bits per heavy atom. The van der Waals surface area contributed by atoms with Crippen LogP contribution in [-0.2, 0) is 0 Å². The van der Waals surface area contributed by atoms with Gasteiger partial charge in [-0.2, -0.15) is 0 Å². The fourth-order valence-corrected chi connectivity index (χ4v) is 7.22. The zero-order valence-electron chi connectivity index (χ0n) is 28.2. The minimum atomic E-state index is 0.676. The maximum absolute atomic E-state index is 5.31. The van der Waals surface area contributed by atoms with Crippen molar-refractivity contribution in [1.82, 2.24) is 19.1 Å². The summed E-state index contributed by atoms with van der Waals surface area (Å²) in [6.45, 7) is 6.52. The maximum atomic E-state index is 5.31. The molecule has 0 radical (unpaired) electrons. The first-order chi connectivity index (χ1) is 25.2. The van der Waals surface area contributed by atoms with Gasteiger partial charge in [0, 0.05) is 44.4 Å². The summed E-state index contributed by atoms with van der Waals surface area (Å²) in [5.41, 5.74) is 10.5. The van der Waals surface area contributed by atoms with Crippen molar-refractivity contribution in [3.05, 3.63) is 183 Å². The number of nitrogens with zero attached hydrogens (tertiary/aromatic N) is 4. The van der Waals surface area contributed by atoms with Crippen molar-refractivity contribution < 1.29 is 0 Å². The summed E-state index contributed by atoms with van der Waals surface area (Å²) in [6, 6.07) is 53.3. The van der Waals surface area contributed by atoms with Crippen LogP contribution in [0.1, 0.15) is 6.92 Å². The van der Waals surface area contributed by atoms with Gasteiger partial charge in [0.1, 0.15) is 5.82 Å². The average molecular weight is 655 g/mol. The predicted octanol–water partition coefficient (Wildman–Crippen LogP) is 12.3. The second kappa shape index (κ2) is 12.6. The van der Waals surface area contributed by atoms with Crippen LogP contribution in [-0.4, -0.2) is 19.1 Å². The van der Waals surface area contributed by atoms with Crippen LogP contribution < -0.4 is 0 Å². The molecule has 51 heavy (non-hydrogen) atoms. The van der Waals surface area contributed by atoms with E-state index in [1.54, 1.807) is 0 Å². The van der Waals surface area contributed by atoms with E-state index in [1.807, 2.05) is 37.3 Å². The Morgan fingerprint density at radius 1 is 0.510 bits per heavy atom. The SMILES string of the molecule is C=C(/C=C\C=C/C)n1c2ccccc2c2cc3c4ccccc4n(-c4cc(-c5ccccc5)nc(-c5ccc(-c6ccccc6)cc5)n4)c3cc21. The summed E-state index contributed by atoms with van der Waals surface area (Å²) in [4.78, 5) is 10.5. The van der Waals surface area contributed by atoms with E-state index < -0.39 is 0 Å². The molecule has 0 aliphatic rings. The Kier molecular flexibility index (Phi) is 7.48. The molecule has 0 saturated heterocycles. The predicted molar refractivity (Wildman–Crippen MR) is 215 cm³/mol. The first-order valence-corrected chi connectivity index (χ1v) is 17.2. The summed E-state index contributed by atoms with van der Waals surface area (Å²) in [5.74, 6) is 1.49. The summed E-state index contributed by atoms with van der Waals surface area (Å²) in [7, 11) is 0. The number of aromatic nitrogens is 4.